The average Bonchev–Trinajstić information content (AvgIpc) is 2.74. The SMILES string of the molecule is O=c1c2cc(I)ccc2nc(/C=C/c2ccc(Cl)cc2)n1-c1ccc([N+](=O)[O-])cc1Cl. The van der Waals surface area contributed by atoms with E-state index in [2.05, 4.69) is 27.6 Å². The van der Waals surface area contributed by atoms with Crippen LogP contribution >= 0.6 is 45.8 Å². The van der Waals surface area contributed by atoms with E-state index in [1.165, 1.54) is 22.8 Å². The van der Waals surface area contributed by atoms with Crippen molar-refractivity contribution in [3.8, 4) is 5.69 Å². The molecule has 0 radical (unpaired) electrons. The number of fused-ring (bicyclic) bond motifs is 1. The molecule has 4 rings (SSSR count). The van der Waals surface area contributed by atoms with E-state index in [9.17, 15) is 14.9 Å². The van der Waals surface area contributed by atoms with Crippen molar-refractivity contribution in [2.45, 2.75) is 0 Å². The van der Waals surface area contributed by atoms with Crippen LogP contribution in [0.4, 0.5) is 5.69 Å². The van der Waals surface area contributed by atoms with Crippen LogP contribution in [-0.2, 0) is 0 Å². The Morgan fingerprint density at radius 2 is 1.74 bits per heavy atom. The van der Waals surface area contributed by atoms with E-state index < -0.39 is 4.92 Å². The second-order valence-electron chi connectivity index (χ2n) is 6.55. The van der Waals surface area contributed by atoms with Crippen molar-refractivity contribution in [3.63, 3.8) is 0 Å². The molecule has 1 heterocycles. The van der Waals surface area contributed by atoms with Gasteiger partial charge in [-0.05, 0) is 70.6 Å². The van der Waals surface area contributed by atoms with Gasteiger partial charge in [0.25, 0.3) is 11.2 Å². The first-order valence-corrected chi connectivity index (χ1v) is 10.8. The van der Waals surface area contributed by atoms with Crippen LogP contribution in [0.25, 0.3) is 28.7 Å². The van der Waals surface area contributed by atoms with E-state index >= 15 is 0 Å². The number of non-ortho nitro benzene ring substituents is 1. The summed E-state index contributed by atoms with van der Waals surface area (Å²) in [5.41, 5.74) is 1.22. The Balaban J connectivity index is 1.96. The van der Waals surface area contributed by atoms with Gasteiger partial charge in [0.1, 0.15) is 5.82 Å². The number of halogens is 3. The van der Waals surface area contributed by atoms with Crippen molar-refractivity contribution < 1.29 is 4.92 Å². The van der Waals surface area contributed by atoms with Gasteiger partial charge >= 0.3 is 0 Å². The lowest BCUT2D eigenvalue weighted by molar-refractivity contribution is -0.384. The highest BCUT2D eigenvalue weighted by Crippen LogP contribution is 2.27. The third-order valence-electron chi connectivity index (χ3n) is 4.53. The van der Waals surface area contributed by atoms with Crippen molar-refractivity contribution in [1.29, 1.82) is 0 Å². The molecule has 0 N–H and O–H groups in total. The van der Waals surface area contributed by atoms with Crippen LogP contribution in [0.1, 0.15) is 11.4 Å². The maximum absolute atomic E-state index is 13.4. The topological polar surface area (TPSA) is 78.0 Å². The molecular weight excluding hydrogens is 552 g/mol. The maximum Gasteiger partial charge on any atom is 0.271 e. The van der Waals surface area contributed by atoms with Gasteiger partial charge < -0.3 is 0 Å². The quantitative estimate of drug-likeness (QED) is 0.164. The number of aromatic nitrogens is 2. The van der Waals surface area contributed by atoms with E-state index in [0.29, 0.717) is 27.4 Å². The highest BCUT2D eigenvalue weighted by molar-refractivity contribution is 14.1. The minimum absolute atomic E-state index is 0.0734. The van der Waals surface area contributed by atoms with Crippen LogP contribution in [0.3, 0.4) is 0 Å². The third kappa shape index (κ3) is 4.48. The van der Waals surface area contributed by atoms with E-state index in [-0.39, 0.29) is 16.3 Å². The predicted molar refractivity (Wildman–Crippen MR) is 132 cm³/mol. The highest BCUT2D eigenvalue weighted by Gasteiger charge is 2.16. The zero-order chi connectivity index (χ0) is 22.1. The molecule has 0 saturated heterocycles. The Morgan fingerprint density at radius 3 is 2.42 bits per heavy atom. The summed E-state index contributed by atoms with van der Waals surface area (Å²) in [7, 11) is 0. The molecule has 0 bridgehead atoms. The molecule has 0 aliphatic heterocycles. The smallest absolute Gasteiger partial charge is 0.268 e. The van der Waals surface area contributed by atoms with Gasteiger partial charge in [-0.25, -0.2) is 4.98 Å². The Kier molecular flexibility index (Phi) is 6.08. The van der Waals surface area contributed by atoms with E-state index in [4.69, 9.17) is 23.2 Å². The molecule has 0 amide bonds. The van der Waals surface area contributed by atoms with Crippen LogP contribution in [0, 0.1) is 13.7 Å². The summed E-state index contributed by atoms with van der Waals surface area (Å²) in [6.45, 7) is 0. The van der Waals surface area contributed by atoms with Gasteiger partial charge in [0.05, 0.1) is 26.5 Å². The number of hydrogen-bond acceptors (Lipinski definition) is 4. The minimum Gasteiger partial charge on any atom is -0.268 e. The van der Waals surface area contributed by atoms with Crippen LogP contribution in [0.2, 0.25) is 10.0 Å². The van der Waals surface area contributed by atoms with Crippen molar-refractivity contribution in [1.82, 2.24) is 9.55 Å². The molecule has 1 aromatic heterocycles. The summed E-state index contributed by atoms with van der Waals surface area (Å²) in [6.07, 6.45) is 3.49. The molecule has 0 atom stereocenters. The lowest BCUT2D eigenvalue weighted by Crippen LogP contribution is -2.22. The summed E-state index contributed by atoms with van der Waals surface area (Å²) < 4.78 is 2.24. The van der Waals surface area contributed by atoms with Gasteiger partial charge in [-0.2, -0.15) is 0 Å². The number of nitro groups is 1. The largest absolute Gasteiger partial charge is 0.271 e. The van der Waals surface area contributed by atoms with Gasteiger partial charge in [0.2, 0.25) is 0 Å². The summed E-state index contributed by atoms with van der Waals surface area (Å²) in [5, 5.41) is 12.2. The number of benzene rings is 3. The second-order valence-corrected chi connectivity index (χ2v) is 8.64. The van der Waals surface area contributed by atoms with E-state index in [1.54, 1.807) is 36.4 Å². The third-order valence-corrected chi connectivity index (χ3v) is 5.76. The van der Waals surface area contributed by atoms with Gasteiger partial charge in [-0.15, -0.1) is 0 Å². The van der Waals surface area contributed by atoms with Gasteiger partial charge in [-0.1, -0.05) is 41.4 Å². The summed E-state index contributed by atoms with van der Waals surface area (Å²) in [5.74, 6) is 0.337. The molecule has 0 fully saturated rings. The van der Waals surface area contributed by atoms with Crippen LogP contribution < -0.4 is 5.56 Å². The lowest BCUT2D eigenvalue weighted by Gasteiger charge is -2.13. The molecule has 0 aliphatic carbocycles. The lowest BCUT2D eigenvalue weighted by atomic mass is 10.2. The highest BCUT2D eigenvalue weighted by atomic mass is 127. The second kappa shape index (κ2) is 8.78. The van der Waals surface area contributed by atoms with Crippen molar-refractivity contribution in [2.24, 2.45) is 0 Å². The molecule has 4 aromatic rings. The zero-order valence-electron chi connectivity index (χ0n) is 15.6. The first-order valence-electron chi connectivity index (χ1n) is 8.94. The first-order chi connectivity index (χ1) is 14.8. The Labute approximate surface area is 200 Å². The zero-order valence-corrected chi connectivity index (χ0v) is 19.3. The fourth-order valence-electron chi connectivity index (χ4n) is 3.05. The van der Waals surface area contributed by atoms with Crippen molar-refractivity contribution in [3.05, 3.63) is 106 Å². The maximum atomic E-state index is 13.4. The molecule has 9 heteroatoms. The van der Waals surface area contributed by atoms with Gasteiger partial charge in [0, 0.05) is 20.7 Å². The molecule has 0 aliphatic rings. The van der Waals surface area contributed by atoms with Crippen molar-refractivity contribution in [2.75, 3.05) is 0 Å². The number of nitrogens with zero attached hydrogens (tertiary/aromatic N) is 3. The number of rotatable bonds is 4. The van der Waals surface area contributed by atoms with Crippen LogP contribution in [0.5, 0.6) is 0 Å². The first kappa shape index (κ1) is 21.5. The van der Waals surface area contributed by atoms with E-state index in [1.807, 2.05) is 18.2 Å². The molecule has 6 nitrogen and oxygen atoms in total. The predicted octanol–water partition coefficient (Wildman–Crippen LogP) is 6.38. The minimum atomic E-state index is -0.541. The Morgan fingerprint density at radius 1 is 1.00 bits per heavy atom. The van der Waals surface area contributed by atoms with E-state index in [0.717, 1.165) is 9.13 Å². The molecule has 3 aromatic carbocycles. The molecule has 0 saturated carbocycles. The Hall–Kier alpha value is -2.75. The fraction of sp³-hybridized carbons (Fsp3) is 0. The number of nitro benzene ring substituents is 1. The normalized spacial score (nSPS) is 11.3. The molecule has 0 spiro atoms. The van der Waals surface area contributed by atoms with Gasteiger partial charge in [-0.3, -0.25) is 19.5 Å². The fourth-order valence-corrected chi connectivity index (χ4v) is 3.93. The summed E-state index contributed by atoms with van der Waals surface area (Å²) >= 11 is 14.4. The van der Waals surface area contributed by atoms with Crippen LogP contribution in [-0.4, -0.2) is 14.5 Å². The van der Waals surface area contributed by atoms with Gasteiger partial charge in [0.15, 0.2) is 0 Å². The average molecular weight is 564 g/mol. The number of hydrogen-bond donors (Lipinski definition) is 0. The Bertz CT molecular complexity index is 1420. The molecular formula is C22H12Cl2IN3O3. The monoisotopic (exact) mass is 563 g/mol. The summed E-state index contributed by atoms with van der Waals surface area (Å²) in [6, 6.07) is 16.6. The van der Waals surface area contributed by atoms with Crippen molar-refractivity contribution >= 4 is 74.5 Å². The molecule has 154 valence electrons. The standard InChI is InChI=1S/C22H12Cl2IN3O3/c23-14-4-1-13(2-5-14)3-10-21-26-19-8-6-15(25)11-17(19)22(29)27(21)20-9-7-16(28(30)31)12-18(20)24/h1-12H/b10-3+. The molecule has 0 unspecified atom stereocenters. The summed E-state index contributed by atoms with van der Waals surface area (Å²) in [4.78, 5) is 28.6. The van der Waals surface area contributed by atoms with Crippen LogP contribution in [0.15, 0.2) is 65.5 Å². The molecule has 31 heavy (non-hydrogen) atoms.